The fourth-order valence-corrected chi connectivity index (χ4v) is 1.59. The first-order chi connectivity index (χ1) is 9.88. The first kappa shape index (κ1) is 15.1. The van der Waals surface area contributed by atoms with Crippen molar-refractivity contribution in [1.29, 1.82) is 0 Å². The van der Waals surface area contributed by atoms with Gasteiger partial charge in [0, 0.05) is 31.9 Å². The van der Waals surface area contributed by atoms with Crippen LogP contribution in [0.15, 0.2) is 18.3 Å². The van der Waals surface area contributed by atoms with Crippen molar-refractivity contribution in [3.63, 3.8) is 0 Å². The third-order valence-corrected chi connectivity index (χ3v) is 2.51. The van der Waals surface area contributed by atoms with E-state index in [2.05, 4.69) is 25.7 Å². The summed E-state index contributed by atoms with van der Waals surface area (Å²) >= 11 is 0. The summed E-state index contributed by atoms with van der Waals surface area (Å²) in [6, 6.07) is 3.05. The number of nitrogens with zero attached hydrogens (tertiary/aromatic N) is 4. The summed E-state index contributed by atoms with van der Waals surface area (Å²) < 4.78 is 40.0. The Morgan fingerprint density at radius 2 is 1.90 bits per heavy atom. The number of hydrogen-bond donors (Lipinski definition) is 2. The molecule has 2 aromatic rings. The van der Waals surface area contributed by atoms with Crippen molar-refractivity contribution in [3.05, 3.63) is 24.2 Å². The molecule has 2 rings (SSSR count). The third kappa shape index (κ3) is 4.07. The molecule has 0 aromatic carbocycles. The van der Waals surface area contributed by atoms with Gasteiger partial charge in [0.1, 0.15) is 11.6 Å². The molecule has 0 amide bonds. The van der Waals surface area contributed by atoms with E-state index in [1.54, 1.807) is 19.3 Å². The predicted octanol–water partition coefficient (Wildman–Crippen LogP) is 2.79. The fraction of sp³-hybridized carbons (Fsp3) is 0.417. The Balaban J connectivity index is 2.30. The van der Waals surface area contributed by atoms with E-state index in [0.717, 1.165) is 6.42 Å². The molecule has 0 aliphatic rings. The number of aromatic nitrogens is 4. The summed E-state index contributed by atoms with van der Waals surface area (Å²) in [6.07, 6.45) is -2.16. The largest absolute Gasteiger partial charge is 0.451 e. The van der Waals surface area contributed by atoms with Gasteiger partial charge < -0.3 is 10.6 Å². The van der Waals surface area contributed by atoms with Crippen LogP contribution in [0, 0.1) is 0 Å². The first-order valence-electron chi connectivity index (χ1n) is 6.35. The van der Waals surface area contributed by atoms with Gasteiger partial charge >= 0.3 is 6.18 Å². The third-order valence-electron chi connectivity index (χ3n) is 2.51. The van der Waals surface area contributed by atoms with Crippen LogP contribution in [-0.4, -0.2) is 26.3 Å². The molecule has 2 heterocycles. The second-order valence-corrected chi connectivity index (χ2v) is 4.39. The molecule has 2 N–H and O–H groups in total. The van der Waals surface area contributed by atoms with Gasteiger partial charge in [0.2, 0.25) is 5.82 Å². The van der Waals surface area contributed by atoms with Crippen LogP contribution in [0.3, 0.4) is 0 Å². The first-order valence-corrected chi connectivity index (χ1v) is 6.35. The molecule has 0 aliphatic carbocycles. The monoisotopic (exact) mass is 300 g/mol. The Hall–Kier alpha value is -2.32. The van der Waals surface area contributed by atoms with Crippen molar-refractivity contribution in [2.45, 2.75) is 19.5 Å². The van der Waals surface area contributed by atoms with E-state index in [4.69, 9.17) is 0 Å². The molecule has 0 saturated heterocycles. The number of aryl methyl sites for hydroxylation is 1. The van der Waals surface area contributed by atoms with Gasteiger partial charge in [-0.3, -0.25) is 4.68 Å². The molecule has 21 heavy (non-hydrogen) atoms. The van der Waals surface area contributed by atoms with Crippen LogP contribution in [0.1, 0.15) is 19.2 Å². The van der Waals surface area contributed by atoms with Crippen molar-refractivity contribution in [2.24, 2.45) is 7.05 Å². The van der Waals surface area contributed by atoms with Gasteiger partial charge in [-0.15, -0.1) is 0 Å². The second kappa shape index (κ2) is 5.98. The average Bonchev–Trinajstić information content (AvgIpc) is 2.80. The minimum atomic E-state index is -4.61. The van der Waals surface area contributed by atoms with Crippen molar-refractivity contribution in [3.8, 4) is 0 Å². The normalized spacial score (nSPS) is 11.5. The zero-order valence-electron chi connectivity index (χ0n) is 11.6. The highest BCUT2D eigenvalue weighted by atomic mass is 19.4. The number of hydrogen-bond acceptors (Lipinski definition) is 5. The SMILES string of the molecule is CCCNc1cc(Nc2ccn(C)n2)nc(C(F)(F)F)n1. The molecule has 0 atom stereocenters. The molecule has 0 bridgehead atoms. The second-order valence-electron chi connectivity index (χ2n) is 4.39. The lowest BCUT2D eigenvalue weighted by atomic mass is 10.4. The zero-order valence-corrected chi connectivity index (χ0v) is 11.6. The lowest BCUT2D eigenvalue weighted by molar-refractivity contribution is -0.144. The maximum Gasteiger partial charge on any atom is 0.451 e. The number of nitrogens with one attached hydrogen (secondary N) is 2. The molecule has 0 unspecified atom stereocenters. The Bertz CT molecular complexity index is 607. The zero-order chi connectivity index (χ0) is 15.5. The molecule has 0 saturated carbocycles. The lowest BCUT2D eigenvalue weighted by Gasteiger charge is -2.11. The van der Waals surface area contributed by atoms with Crippen LogP contribution in [0.4, 0.5) is 30.6 Å². The summed E-state index contributed by atoms with van der Waals surface area (Å²) in [6.45, 7) is 2.43. The van der Waals surface area contributed by atoms with E-state index in [1.807, 2.05) is 6.92 Å². The Morgan fingerprint density at radius 3 is 2.48 bits per heavy atom. The topological polar surface area (TPSA) is 67.7 Å². The Morgan fingerprint density at radius 1 is 1.19 bits per heavy atom. The predicted molar refractivity (Wildman–Crippen MR) is 72.3 cm³/mol. The van der Waals surface area contributed by atoms with Gasteiger partial charge in [-0.1, -0.05) is 6.92 Å². The summed E-state index contributed by atoms with van der Waals surface area (Å²) in [5.41, 5.74) is 0. The van der Waals surface area contributed by atoms with Crippen molar-refractivity contribution < 1.29 is 13.2 Å². The highest BCUT2D eigenvalue weighted by Crippen LogP contribution is 2.28. The summed E-state index contributed by atoms with van der Waals surface area (Å²) in [5, 5.41) is 9.59. The van der Waals surface area contributed by atoms with Crippen LogP contribution in [0.5, 0.6) is 0 Å². The van der Waals surface area contributed by atoms with Crippen LogP contribution >= 0.6 is 0 Å². The van der Waals surface area contributed by atoms with E-state index in [0.29, 0.717) is 12.4 Å². The molecule has 0 aliphatic heterocycles. The van der Waals surface area contributed by atoms with Crippen molar-refractivity contribution >= 4 is 17.5 Å². The Labute approximate surface area is 119 Å². The van der Waals surface area contributed by atoms with Crippen LogP contribution in [0.25, 0.3) is 0 Å². The maximum absolute atomic E-state index is 12.8. The fourth-order valence-electron chi connectivity index (χ4n) is 1.59. The van der Waals surface area contributed by atoms with Gasteiger partial charge in [0.15, 0.2) is 5.82 Å². The van der Waals surface area contributed by atoms with Crippen LogP contribution < -0.4 is 10.6 Å². The number of rotatable bonds is 5. The van der Waals surface area contributed by atoms with Gasteiger partial charge in [-0.2, -0.15) is 18.3 Å². The van der Waals surface area contributed by atoms with E-state index in [9.17, 15) is 13.2 Å². The van der Waals surface area contributed by atoms with E-state index < -0.39 is 12.0 Å². The number of halogens is 3. The molecule has 0 spiro atoms. The molecular formula is C12H15F3N6. The number of alkyl halides is 3. The highest BCUT2D eigenvalue weighted by Gasteiger charge is 2.35. The van der Waals surface area contributed by atoms with Crippen molar-refractivity contribution in [1.82, 2.24) is 19.7 Å². The van der Waals surface area contributed by atoms with Gasteiger partial charge in [0.05, 0.1) is 0 Å². The molecule has 0 radical (unpaired) electrons. The highest BCUT2D eigenvalue weighted by molar-refractivity contribution is 5.55. The lowest BCUT2D eigenvalue weighted by Crippen LogP contribution is -2.14. The molecule has 0 fully saturated rings. The van der Waals surface area contributed by atoms with E-state index >= 15 is 0 Å². The van der Waals surface area contributed by atoms with Crippen LogP contribution in [0.2, 0.25) is 0 Å². The molecular weight excluding hydrogens is 285 g/mol. The van der Waals surface area contributed by atoms with Gasteiger partial charge in [-0.05, 0) is 6.42 Å². The quantitative estimate of drug-likeness (QED) is 0.888. The standard InChI is InChI=1S/C12H15F3N6/c1-3-5-16-9-7-10(17-8-4-6-21(2)20-8)19-11(18-9)12(13,14)15/h4,6-7H,3,5H2,1-2H3,(H2,16,17,18,19,20). The van der Waals surface area contributed by atoms with Crippen molar-refractivity contribution in [2.75, 3.05) is 17.2 Å². The molecule has 9 heteroatoms. The summed E-state index contributed by atoms with van der Waals surface area (Å²) in [5.74, 6) is -0.625. The molecule has 2 aromatic heterocycles. The van der Waals surface area contributed by atoms with E-state index in [1.165, 1.54) is 10.7 Å². The van der Waals surface area contributed by atoms with Crippen LogP contribution in [-0.2, 0) is 13.2 Å². The van der Waals surface area contributed by atoms with Gasteiger partial charge in [0.25, 0.3) is 0 Å². The minimum Gasteiger partial charge on any atom is -0.370 e. The average molecular weight is 300 g/mol. The van der Waals surface area contributed by atoms with Gasteiger partial charge in [-0.25, -0.2) is 9.97 Å². The summed E-state index contributed by atoms with van der Waals surface area (Å²) in [4.78, 5) is 6.96. The summed E-state index contributed by atoms with van der Waals surface area (Å²) in [7, 11) is 1.71. The molecule has 114 valence electrons. The Kier molecular flexibility index (Phi) is 4.29. The molecule has 6 nitrogen and oxygen atoms in total. The smallest absolute Gasteiger partial charge is 0.370 e. The minimum absolute atomic E-state index is 0.0367. The maximum atomic E-state index is 12.8. The number of anilines is 3. The van der Waals surface area contributed by atoms with E-state index in [-0.39, 0.29) is 11.6 Å².